The lowest BCUT2D eigenvalue weighted by atomic mass is 10.2. The van der Waals surface area contributed by atoms with Gasteiger partial charge in [0.1, 0.15) is 0 Å². The molecule has 0 spiro atoms. The normalized spacial score (nSPS) is 10.6. The van der Waals surface area contributed by atoms with E-state index < -0.39 is 0 Å². The van der Waals surface area contributed by atoms with Gasteiger partial charge in [0.2, 0.25) is 11.7 Å². The van der Waals surface area contributed by atoms with Crippen molar-refractivity contribution < 1.29 is 14.2 Å². The second-order valence-corrected chi connectivity index (χ2v) is 3.77. The molecule has 0 saturated heterocycles. The van der Waals surface area contributed by atoms with Crippen molar-refractivity contribution in [2.75, 3.05) is 26.8 Å². The highest BCUT2D eigenvalue weighted by atomic mass is 16.5. The van der Waals surface area contributed by atoms with Crippen molar-refractivity contribution in [1.82, 2.24) is 9.97 Å². The summed E-state index contributed by atoms with van der Waals surface area (Å²) in [5, 5.41) is 4.07. The first-order valence-electron chi connectivity index (χ1n) is 5.87. The molecule has 0 aliphatic heterocycles. The van der Waals surface area contributed by atoms with Crippen LogP contribution in [0.4, 0.5) is 5.95 Å². The molecule has 0 bridgehead atoms. The third kappa shape index (κ3) is 3.00. The molecule has 0 saturated carbocycles. The Morgan fingerprint density at radius 3 is 2.35 bits per heavy atom. The molecule has 20 heavy (non-hydrogen) atoms. The second kappa shape index (κ2) is 6.46. The molecule has 1 aromatic heterocycles. The Bertz CT molecular complexity index is 556. The van der Waals surface area contributed by atoms with Gasteiger partial charge in [-0.15, -0.1) is 0 Å². The number of hydrogen-bond donors (Lipinski definition) is 2. The minimum absolute atomic E-state index is 0.547. The van der Waals surface area contributed by atoms with Gasteiger partial charge in [0.15, 0.2) is 11.5 Å². The Morgan fingerprint density at radius 2 is 1.85 bits per heavy atom. The molecule has 7 nitrogen and oxygen atoms in total. The van der Waals surface area contributed by atoms with Crippen LogP contribution in [0, 0.1) is 0 Å². The van der Waals surface area contributed by atoms with Gasteiger partial charge < -0.3 is 19.2 Å². The van der Waals surface area contributed by atoms with Gasteiger partial charge in [0.05, 0.1) is 27.5 Å². The lowest BCUT2D eigenvalue weighted by Gasteiger charge is -2.12. The summed E-state index contributed by atoms with van der Waals surface area (Å²) < 4.78 is 15.8. The Balaban J connectivity index is 2.21. The van der Waals surface area contributed by atoms with E-state index in [4.69, 9.17) is 14.2 Å². The summed E-state index contributed by atoms with van der Waals surface area (Å²) in [4.78, 5) is 6.87. The number of aromatic amines is 1. The summed E-state index contributed by atoms with van der Waals surface area (Å²) in [6, 6.07) is 3.60. The highest BCUT2D eigenvalue weighted by Gasteiger charge is 2.12. The number of benzene rings is 1. The van der Waals surface area contributed by atoms with Crippen molar-refractivity contribution in [3.05, 3.63) is 30.1 Å². The van der Waals surface area contributed by atoms with E-state index in [9.17, 15) is 0 Å². The van der Waals surface area contributed by atoms with Crippen LogP contribution in [0.3, 0.4) is 0 Å². The van der Waals surface area contributed by atoms with Crippen molar-refractivity contribution in [3.63, 3.8) is 0 Å². The molecule has 2 rings (SSSR count). The van der Waals surface area contributed by atoms with E-state index in [1.165, 1.54) is 0 Å². The fourth-order valence-corrected chi connectivity index (χ4v) is 1.67. The minimum Gasteiger partial charge on any atom is -0.493 e. The zero-order chi connectivity index (χ0) is 14.4. The van der Waals surface area contributed by atoms with Crippen molar-refractivity contribution >= 4 is 12.2 Å². The Labute approximate surface area is 116 Å². The zero-order valence-corrected chi connectivity index (χ0v) is 11.5. The fourth-order valence-electron chi connectivity index (χ4n) is 1.67. The lowest BCUT2D eigenvalue weighted by Crippen LogP contribution is -1.98. The number of H-pyrrole nitrogens is 1. The van der Waals surface area contributed by atoms with Gasteiger partial charge in [0, 0.05) is 18.0 Å². The smallest absolute Gasteiger partial charge is 0.220 e. The number of ether oxygens (including phenoxy) is 3. The molecule has 0 aliphatic carbocycles. The van der Waals surface area contributed by atoms with Gasteiger partial charge in [-0.05, 0) is 12.1 Å². The maximum atomic E-state index is 5.27. The molecular weight excluding hydrogens is 260 g/mol. The molecule has 0 aliphatic rings. The second-order valence-electron chi connectivity index (χ2n) is 3.77. The van der Waals surface area contributed by atoms with Crippen molar-refractivity contribution in [1.29, 1.82) is 0 Å². The first-order valence-corrected chi connectivity index (χ1v) is 5.87. The Hall–Kier alpha value is -2.70. The average Bonchev–Trinajstić information content (AvgIpc) is 2.99. The van der Waals surface area contributed by atoms with Crippen LogP contribution < -0.4 is 19.6 Å². The minimum atomic E-state index is 0.547. The van der Waals surface area contributed by atoms with Gasteiger partial charge in [-0.3, -0.25) is 0 Å². The summed E-state index contributed by atoms with van der Waals surface area (Å²) >= 11 is 0. The zero-order valence-electron chi connectivity index (χ0n) is 11.5. The molecule has 2 N–H and O–H groups in total. The summed E-state index contributed by atoms with van der Waals surface area (Å²) in [6.45, 7) is 0. The van der Waals surface area contributed by atoms with E-state index in [0.29, 0.717) is 23.2 Å². The summed E-state index contributed by atoms with van der Waals surface area (Å²) in [6.07, 6.45) is 4.97. The SMILES string of the molecule is COc1cc(/C=N/Nc2ncc[nH]2)cc(OC)c1OC. The predicted octanol–water partition coefficient (Wildman–Crippen LogP) is 1.88. The van der Waals surface area contributed by atoms with E-state index in [1.54, 1.807) is 52.1 Å². The van der Waals surface area contributed by atoms with Crippen LogP contribution in [0.15, 0.2) is 29.6 Å². The maximum Gasteiger partial charge on any atom is 0.220 e. The predicted molar refractivity (Wildman–Crippen MR) is 75.9 cm³/mol. The maximum absolute atomic E-state index is 5.27. The Kier molecular flexibility index (Phi) is 4.43. The van der Waals surface area contributed by atoms with Gasteiger partial charge in [-0.1, -0.05) is 0 Å². The number of methoxy groups -OCH3 is 3. The number of anilines is 1. The summed E-state index contributed by atoms with van der Waals surface area (Å²) in [5.74, 6) is 2.26. The van der Waals surface area contributed by atoms with Gasteiger partial charge in [-0.2, -0.15) is 5.10 Å². The average molecular weight is 276 g/mol. The quantitative estimate of drug-likeness (QED) is 0.622. The number of nitrogens with one attached hydrogen (secondary N) is 2. The first-order chi connectivity index (χ1) is 9.78. The molecule has 1 aromatic carbocycles. The van der Waals surface area contributed by atoms with Crippen LogP contribution in [0.5, 0.6) is 17.2 Å². The van der Waals surface area contributed by atoms with E-state index >= 15 is 0 Å². The number of nitrogens with zero attached hydrogens (tertiary/aromatic N) is 2. The van der Waals surface area contributed by atoms with Crippen molar-refractivity contribution in [2.24, 2.45) is 5.10 Å². The van der Waals surface area contributed by atoms with E-state index in [2.05, 4.69) is 20.5 Å². The Morgan fingerprint density at radius 1 is 1.15 bits per heavy atom. The van der Waals surface area contributed by atoms with Crippen LogP contribution in [0.1, 0.15) is 5.56 Å². The van der Waals surface area contributed by atoms with Gasteiger partial charge >= 0.3 is 0 Å². The molecule has 0 unspecified atom stereocenters. The highest BCUT2D eigenvalue weighted by Crippen LogP contribution is 2.37. The highest BCUT2D eigenvalue weighted by molar-refractivity contribution is 5.82. The first kappa shape index (κ1) is 13.7. The molecule has 0 amide bonds. The van der Waals surface area contributed by atoms with Crippen LogP contribution in [-0.2, 0) is 0 Å². The lowest BCUT2D eigenvalue weighted by molar-refractivity contribution is 0.324. The third-order valence-corrected chi connectivity index (χ3v) is 2.57. The number of imidazole rings is 1. The fraction of sp³-hybridized carbons (Fsp3) is 0.231. The number of aromatic nitrogens is 2. The third-order valence-electron chi connectivity index (χ3n) is 2.57. The molecule has 0 radical (unpaired) electrons. The topological polar surface area (TPSA) is 80.8 Å². The largest absolute Gasteiger partial charge is 0.493 e. The van der Waals surface area contributed by atoms with Crippen LogP contribution >= 0.6 is 0 Å². The van der Waals surface area contributed by atoms with Crippen LogP contribution in [0.2, 0.25) is 0 Å². The monoisotopic (exact) mass is 276 g/mol. The number of rotatable bonds is 6. The molecule has 1 heterocycles. The van der Waals surface area contributed by atoms with Gasteiger partial charge in [0.25, 0.3) is 0 Å². The van der Waals surface area contributed by atoms with Crippen molar-refractivity contribution in [3.8, 4) is 17.2 Å². The molecule has 0 atom stereocenters. The van der Waals surface area contributed by atoms with Gasteiger partial charge in [-0.25, -0.2) is 10.4 Å². The molecule has 2 aromatic rings. The summed E-state index contributed by atoms with van der Waals surface area (Å²) in [5.41, 5.74) is 3.57. The van der Waals surface area contributed by atoms with E-state index in [0.717, 1.165) is 5.56 Å². The standard InChI is InChI=1S/C13H16N4O3/c1-18-10-6-9(7-11(19-2)12(10)20-3)8-16-17-13-14-4-5-15-13/h4-8H,1-3H3,(H2,14,15,17)/b16-8+. The van der Waals surface area contributed by atoms with E-state index in [-0.39, 0.29) is 0 Å². The number of hydrogen-bond acceptors (Lipinski definition) is 6. The molecule has 7 heteroatoms. The molecular formula is C13H16N4O3. The molecule has 106 valence electrons. The summed E-state index contributed by atoms with van der Waals surface area (Å²) in [7, 11) is 4.70. The number of hydrazone groups is 1. The van der Waals surface area contributed by atoms with Crippen LogP contribution in [0.25, 0.3) is 0 Å². The van der Waals surface area contributed by atoms with E-state index in [1.807, 2.05) is 0 Å². The van der Waals surface area contributed by atoms with Crippen LogP contribution in [-0.4, -0.2) is 37.5 Å². The molecule has 0 fully saturated rings. The van der Waals surface area contributed by atoms with Crippen molar-refractivity contribution in [2.45, 2.75) is 0 Å².